The largest absolute Gasteiger partial charge is 0.491 e. The van der Waals surface area contributed by atoms with E-state index in [2.05, 4.69) is 4.98 Å². The zero-order valence-electron chi connectivity index (χ0n) is 18.7. The Morgan fingerprint density at radius 2 is 2.00 bits per heavy atom. The lowest BCUT2D eigenvalue weighted by Crippen LogP contribution is -2.32. The number of thiazole rings is 1. The lowest BCUT2D eigenvalue weighted by molar-refractivity contribution is 0.0986. The first-order valence-corrected chi connectivity index (χ1v) is 11.7. The summed E-state index contributed by atoms with van der Waals surface area (Å²) in [7, 11) is 0. The van der Waals surface area contributed by atoms with Crippen molar-refractivity contribution in [3.05, 3.63) is 71.3 Å². The van der Waals surface area contributed by atoms with Crippen molar-refractivity contribution in [2.45, 2.75) is 39.8 Å². The third-order valence-corrected chi connectivity index (χ3v) is 6.19. The van der Waals surface area contributed by atoms with Crippen LogP contribution in [-0.4, -0.2) is 33.1 Å². The number of hydrogen-bond acceptors (Lipinski definition) is 5. The fourth-order valence-corrected chi connectivity index (χ4v) is 4.92. The number of aromatic nitrogens is 3. The Morgan fingerprint density at radius 1 is 1.24 bits per heavy atom. The predicted octanol–water partition coefficient (Wildman–Crippen LogP) is 6.40. The molecule has 0 bridgehead atoms. The van der Waals surface area contributed by atoms with E-state index in [1.54, 1.807) is 29.6 Å². The van der Waals surface area contributed by atoms with E-state index >= 15 is 0 Å². The number of benzene rings is 2. The molecule has 0 saturated carbocycles. The van der Waals surface area contributed by atoms with Crippen molar-refractivity contribution in [2.75, 3.05) is 11.4 Å². The summed E-state index contributed by atoms with van der Waals surface area (Å²) in [4.78, 5) is 24.1. The molecule has 174 valence electrons. The summed E-state index contributed by atoms with van der Waals surface area (Å²) in [6.45, 7) is 7.23. The highest BCUT2D eigenvalue weighted by Gasteiger charge is 2.22. The maximum absolute atomic E-state index is 13.5. The Hall–Kier alpha value is -2.61. The molecule has 0 unspecified atom stereocenters. The minimum Gasteiger partial charge on any atom is -0.491 e. The number of ether oxygens (including phenoxy) is 1. The van der Waals surface area contributed by atoms with Crippen LogP contribution in [0.25, 0.3) is 10.2 Å². The van der Waals surface area contributed by atoms with Crippen LogP contribution in [0.15, 0.2) is 55.1 Å². The summed E-state index contributed by atoms with van der Waals surface area (Å²) in [5.41, 5.74) is 2.47. The summed E-state index contributed by atoms with van der Waals surface area (Å²) in [5, 5.41) is 1.34. The highest BCUT2D eigenvalue weighted by Crippen LogP contribution is 2.34. The Labute approximate surface area is 208 Å². The van der Waals surface area contributed by atoms with E-state index in [1.807, 2.05) is 55.8 Å². The van der Waals surface area contributed by atoms with Crippen LogP contribution in [0.2, 0.25) is 5.02 Å². The van der Waals surface area contributed by atoms with Crippen molar-refractivity contribution in [1.29, 1.82) is 0 Å². The lowest BCUT2D eigenvalue weighted by atomic mass is 10.2. The third kappa shape index (κ3) is 6.05. The average molecular weight is 505 g/mol. The van der Waals surface area contributed by atoms with Crippen LogP contribution < -0.4 is 9.64 Å². The number of aryl methyl sites for hydroxylation is 2. The molecule has 6 nitrogen and oxygen atoms in total. The van der Waals surface area contributed by atoms with Crippen LogP contribution in [0.4, 0.5) is 5.13 Å². The second-order valence-corrected chi connectivity index (χ2v) is 9.31. The summed E-state index contributed by atoms with van der Waals surface area (Å²) in [6, 6.07) is 11.1. The standard InChI is InChI=1S/C24H25ClN4O2S.ClH/c1-16(2)31-20-7-5-18(6-8-20)23(30)29(11-4-10-28-12-9-26-15-28)24-27-22-17(3)13-19(25)14-21(22)32-24;/h5-9,12-16H,4,10-11H2,1-3H3;1H. The molecule has 0 fully saturated rings. The molecule has 4 aromatic rings. The van der Waals surface area contributed by atoms with Gasteiger partial charge in [-0.1, -0.05) is 22.9 Å². The van der Waals surface area contributed by atoms with Gasteiger partial charge in [0, 0.05) is 36.1 Å². The Morgan fingerprint density at radius 3 is 2.67 bits per heavy atom. The van der Waals surface area contributed by atoms with Gasteiger partial charge in [-0.15, -0.1) is 12.4 Å². The van der Waals surface area contributed by atoms with Crippen molar-refractivity contribution < 1.29 is 9.53 Å². The zero-order chi connectivity index (χ0) is 22.7. The van der Waals surface area contributed by atoms with Crippen molar-refractivity contribution >= 4 is 56.6 Å². The molecule has 2 heterocycles. The molecule has 0 N–H and O–H groups in total. The van der Waals surface area contributed by atoms with Crippen molar-refractivity contribution in [2.24, 2.45) is 0 Å². The van der Waals surface area contributed by atoms with Gasteiger partial charge in [0.05, 0.1) is 22.6 Å². The molecule has 0 aliphatic carbocycles. The maximum atomic E-state index is 13.5. The lowest BCUT2D eigenvalue weighted by Gasteiger charge is -2.20. The molecule has 4 rings (SSSR count). The van der Waals surface area contributed by atoms with Gasteiger partial charge in [0.2, 0.25) is 0 Å². The van der Waals surface area contributed by atoms with Crippen molar-refractivity contribution in [1.82, 2.24) is 14.5 Å². The summed E-state index contributed by atoms with van der Waals surface area (Å²) in [5.74, 6) is 0.656. The highest BCUT2D eigenvalue weighted by molar-refractivity contribution is 7.22. The van der Waals surface area contributed by atoms with E-state index in [1.165, 1.54) is 11.3 Å². The van der Waals surface area contributed by atoms with Crippen LogP contribution in [0, 0.1) is 6.92 Å². The predicted molar refractivity (Wildman–Crippen MR) is 137 cm³/mol. The normalized spacial score (nSPS) is 10.9. The average Bonchev–Trinajstić information content (AvgIpc) is 3.41. The molecule has 1 amide bonds. The van der Waals surface area contributed by atoms with E-state index in [9.17, 15) is 4.79 Å². The van der Waals surface area contributed by atoms with Crippen LogP contribution in [0.5, 0.6) is 5.75 Å². The second kappa shape index (κ2) is 11.0. The molecule has 0 atom stereocenters. The first-order chi connectivity index (χ1) is 15.4. The Balaban J connectivity index is 0.00000306. The monoisotopic (exact) mass is 504 g/mol. The molecule has 33 heavy (non-hydrogen) atoms. The van der Waals surface area contributed by atoms with Crippen molar-refractivity contribution in [3.8, 4) is 5.75 Å². The molecule has 0 radical (unpaired) electrons. The minimum atomic E-state index is -0.0884. The van der Waals surface area contributed by atoms with Gasteiger partial charge in [-0.3, -0.25) is 9.69 Å². The molecular formula is C24H26Cl2N4O2S. The summed E-state index contributed by atoms with van der Waals surface area (Å²) >= 11 is 7.72. The number of hydrogen-bond donors (Lipinski definition) is 0. The zero-order valence-corrected chi connectivity index (χ0v) is 21.1. The third-order valence-electron chi connectivity index (χ3n) is 4.95. The van der Waals surface area contributed by atoms with Gasteiger partial charge in [0.1, 0.15) is 5.75 Å². The molecule has 0 saturated heterocycles. The molecule has 0 spiro atoms. The van der Waals surface area contributed by atoms with E-state index < -0.39 is 0 Å². The van der Waals surface area contributed by atoms with E-state index in [-0.39, 0.29) is 24.4 Å². The molecule has 2 aromatic carbocycles. The number of carbonyl (C=O) groups is 1. The fourth-order valence-electron chi connectivity index (χ4n) is 3.48. The Bertz CT molecular complexity index is 1210. The number of halogens is 2. The second-order valence-electron chi connectivity index (χ2n) is 7.87. The number of carbonyl (C=O) groups excluding carboxylic acids is 1. The number of fused-ring (bicyclic) bond motifs is 1. The van der Waals surface area contributed by atoms with Gasteiger partial charge in [0.15, 0.2) is 5.13 Å². The molecule has 0 aliphatic heterocycles. The van der Waals surface area contributed by atoms with E-state index in [0.29, 0.717) is 22.3 Å². The summed E-state index contributed by atoms with van der Waals surface area (Å²) in [6.07, 6.45) is 6.30. The van der Waals surface area contributed by atoms with Gasteiger partial charge < -0.3 is 9.30 Å². The quantitative estimate of drug-likeness (QED) is 0.278. The van der Waals surface area contributed by atoms with Crippen LogP contribution >= 0.6 is 35.3 Å². The number of nitrogens with zero attached hydrogens (tertiary/aromatic N) is 4. The van der Waals surface area contributed by atoms with Crippen LogP contribution in [-0.2, 0) is 6.54 Å². The maximum Gasteiger partial charge on any atom is 0.260 e. The smallest absolute Gasteiger partial charge is 0.260 e. The molecular weight excluding hydrogens is 479 g/mol. The van der Waals surface area contributed by atoms with Gasteiger partial charge in [-0.25, -0.2) is 9.97 Å². The summed E-state index contributed by atoms with van der Waals surface area (Å²) < 4.78 is 8.68. The van der Waals surface area contributed by atoms with Gasteiger partial charge in [-0.2, -0.15) is 0 Å². The fraction of sp³-hybridized carbons (Fsp3) is 0.292. The number of anilines is 1. The highest BCUT2D eigenvalue weighted by atomic mass is 35.5. The van der Waals surface area contributed by atoms with Gasteiger partial charge in [0.25, 0.3) is 5.91 Å². The number of imidazole rings is 1. The molecule has 2 aromatic heterocycles. The minimum absolute atomic E-state index is 0. The number of amides is 1. The number of rotatable bonds is 8. The van der Waals surface area contributed by atoms with Crippen LogP contribution in [0.1, 0.15) is 36.2 Å². The Kier molecular flexibility index (Phi) is 8.35. The first kappa shape index (κ1) is 25.0. The van der Waals surface area contributed by atoms with E-state index in [0.717, 1.165) is 34.5 Å². The van der Waals surface area contributed by atoms with Crippen molar-refractivity contribution in [3.63, 3.8) is 0 Å². The SMILES string of the molecule is Cc1cc(Cl)cc2sc(N(CCCn3ccnc3)C(=O)c3ccc(OC(C)C)cc3)nc12.Cl. The van der Waals surface area contributed by atoms with Gasteiger partial charge >= 0.3 is 0 Å². The molecule has 9 heteroatoms. The van der Waals surface area contributed by atoms with E-state index in [4.69, 9.17) is 21.3 Å². The molecule has 0 aliphatic rings. The van der Waals surface area contributed by atoms with Crippen LogP contribution in [0.3, 0.4) is 0 Å². The first-order valence-electron chi connectivity index (χ1n) is 10.5. The topological polar surface area (TPSA) is 60.2 Å². The van der Waals surface area contributed by atoms with Gasteiger partial charge in [-0.05, 0) is 69.2 Å².